The van der Waals surface area contributed by atoms with Gasteiger partial charge in [0.2, 0.25) is 0 Å². The smallest absolute Gasteiger partial charge is 0.187 e. The number of rotatable bonds is 6. The average molecular weight is 482 g/mol. The Balaban J connectivity index is 0.000000507. The number of carbonyl (C=O) groups excluding carboxylic acids is 2. The summed E-state index contributed by atoms with van der Waals surface area (Å²) in [5.41, 5.74) is 8.78. The molecule has 0 spiro atoms. The molecule has 0 heterocycles. The van der Waals surface area contributed by atoms with Crippen LogP contribution in [0.5, 0.6) is 0 Å². The zero-order valence-corrected chi connectivity index (χ0v) is 19.5. The SMILES string of the molecule is Cl.[2H]C([2H])(N)c1ccc(C=O)cc1.[C-]#[N+]c1ccc(C(OC)OC)cc1.[C-]#[N+]c1ccc(C=O)cc1. The molecule has 0 aliphatic heterocycles. The Morgan fingerprint density at radius 1 is 0.824 bits per heavy atom. The molecule has 0 saturated carbocycles. The number of carbonyl (C=O) groups is 2. The normalized spacial score (nSPS) is 10.3. The Labute approximate surface area is 209 Å². The first-order valence-corrected chi connectivity index (χ1v) is 9.52. The highest BCUT2D eigenvalue weighted by Gasteiger charge is 2.07. The van der Waals surface area contributed by atoms with Crippen molar-refractivity contribution in [3.63, 3.8) is 0 Å². The lowest BCUT2D eigenvalue weighted by Crippen LogP contribution is -2.02. The van der Waals surface area contributed by atoms with Gasteiger partial charge in [0, 0.05) is 40.1 Å². The van der Waals surface area contributed by atoms with Gasteiger partial charge in [-0.1, -0.05) is 72.8 Å². The summed E-state index contributed by atoms with van der Waals surface area (Å²) in [6.07, 6.45) is 1.11. The van der Waals surface area contributed by atoms with Crippen LogP contribution in [0.25, 0.3) is 9.69 Å². The second-order valence-electron chi connectivity index (χ2n) is 6.21. The number of benzene rings is 3. The van der Waals surface area contributed by atoms with E-state index in [2.05, 4.69) is 9.69 Å². The maximum atomic E-state index is 10.2. The molecule has 0 amide bonds. The minimum absolute atomic E-state index is 0. The lowest BCUT2D eigenvalue weighted by Gasteiger charge is -2.13. The first-order valence-electron chi connectivity index (χ1n) is 10.5. The van der Waals surface area contributed by atoms with Crippen molar-refractivity contribution in [1.29, 1.82) is 0 Å². The molecule has 0 bridgehead atoms. The third kappa shape index (κ3) is 10.6. The summed E-state index contributed by atoms with van der Waals surface area (Å²) in [5, 5.41) is 0. The second-order valence-corrected chi connectivity index (χ2v) is 6.21. The van der Waals surface area contributed by atoms with E-state index in [4.69, 9.17) is 31.1 Å². The molecule has 3 aromatic carbocycles. The van der Waals surface area contributed by atoms with E-state index in [0.29, 0.717) is 34.4 Å². The standard InChI is InChI=1S/C10H11NO2.C8H5NO.C8H9NO.ClH/c1-11-9-6-4-8(5-7-9)10(12-2)13-3;1-9-8-4-2-7(6-10)3-5-8;9-5-7-1-3-8(6-10)4-2-7;/h4-7,10H,2-3H3;2-6H;1-4,6H,5,9H2;1H/i;;5D2;. The van der Waals surface area contributed by atoms with Crippen LogP contribution >= 0.6 is 12.4 Å². The fraction of sp³-hybridized carbons (Fsp3) is 0.154. The maximum absolute atomic E-state index is 10.2. The van der Waals surface area contributed by atoms with E-state index >= 15 is 0 Å². The quantitative estimate of drug-likeness (QED) is 0.266. The van der Waals surface area contributed by atoms with Gasteiger partial charge in [-0.05, 0) is 5.56 Å². The lowest BCUT2D eigenvalue weighted by molar-refractivity contribution is -0.106. The number of nitrogens with zero attached hydrogens (tertiary/aromatic N) is 2. The Hall–Kier alpha value is -3.85. The first-order chi connectivity index (χ1) is 16.7. The summed E-state index contributed by atoms with van der Waals surface area (Å²) in [4.78, 5) is 26.8. The summed E-state index contributed by atoms with van der Waals surface area (Å²) in [7, 11) is 3.16. The molecule has 34 heavy (non-hydrogen) atoms. The fourth-order valence-electron chi connectivity index (χ4n) is 2.36. The van der Waals surface area contributed by atoms with Crippen LogP contribution in [-0.2, 0) is 16.0 Å². The number of halogens is 1. The molecule has 0 aliphatic carbocycles. The minimum Gasteiger partial charge on any atom is -0.352 e. The summed E-state index contributed by atoms with van der Waals surface area (Å²) in [6.45, 7) is 11.5. The van der Waals surface area contributed by atoms with Crippen molar-refractivity contribution in [2.75, 3.05) is 14.2 Å². The van der Waals surface area contributed by atoms with Gasteiger partial charge < -0.3 is 15.2 Å². The molecule has 3 aromatic rings. The number of nitrogens with two attached hydrogens (primary N) is 1. The van der Waals surface area contributed by atoms with Crippen LogP contribution in [0.4, 0.5) is 11.4 Å². The molecular weight excluding hydrogens is 454 g/mol. The molecule has 0 saturated heterocycles. The molecule has 176 valence electrons. The number of aldehydes is 2. The number of ether oxygens (including phenoxy) is 2. The maximum Gasteiger partial charge on any atom is 0.187 e. The Morgan fingerprint density at radius 3 is 1.53 bits per heavy atom. The Morgan fingerprint density at radius 2 is 1.21 bits per heavy atom. The van der Waals surface area contributed by atoms with Crippen molar-refractivity contribution in [3.8, 4) is 0 Å². The van der Waals surface area contributed by atoms with E-state index in [1.54, 1.807) is 50.6 Å². The van der Waals surface area contributed by atoms with Crippen molar-refractivity contribution >= 4 is 36.4 Å². The summed E-state index contributed by atoms with van der Waals surface area (Å²) in [5.74, 6) is 0. The number of hydrogen-bond acceptors (Lipinski definition) is 5. The highest BCUT2D eigenvalue weighted by Crippen LogP contribution is 2.20. The van der Waals surface area contributed by atoms with E-state index in [-0.39, 0.29) is 18.7 Å². The van der Waals surface area contributed by atoms with Gasteiger partial charge in [0.1, 0.15) is 12.6 Å². The van der Waals surface area contributed by atoms with Crippen LogP contribution in [0, 0.1) is 13.1 Å². The van der Waals surface area contributed by atoms with Crippen LogP contribution in [0.3, 0.4) is 0 Å². The van der Waals surface area contributed by atoms with Crippen LogP contribution in [0.1, 0.15) is 40.9 Å². The van der Waals surface area contributed by atoms with Gasteiger partial charge in [0.15, 0.2) is 17.7 Å². The Kier molecular flexibility index (Phi) is 13.7. The number of methoxy groups -OCH3 is 2. The van der Waals surface area contributed by atoms with E-state index < -0.39 is 6.50 Å². The predicted molar refractivity (Wildman–Crippen MR) is 135 cm³/mol. The fourth-order valence-corrected chi connectivity index (χ4v) is 2.36. The molecule has 3 rings (SSSR count). The lowest BCUT2D eigenvalue weighted by atomic mass is 10.1. The molecule has 8 heteroatoms. The van der Waals surface area contributed by atoms with Crippen molar-refractivity contribution in [1.82, 2.24) is 0 Å². The van der Waals surface area contributed by atoms with Gasteiger partial charge in [0.05, 0.1) is 13.1 Å². The Bertz CT molecular complexity index is 1150. The molecule has 0 aliphatic rings. The monoisotopic (exact) mass is 481 g/mol. The average Bonchev–Trinajstić information content (AvgIpc) is 2.90. The van der Waals surface area contributed by atoms with E-state index in [9.17, 15) is 9.59 Å². The molecule has 0 unspecified atom stereocenters. The van der Waals surface area contributed by atoms with Gasteiger partial charge in [-0.2, -0.15) is 0 Å². The van der Waals surface area contributed by atoms with Crippen LogP contribution in [0.2, 0.25) is 0 Å². The zero-order chi connectivity index (χ0) is 26.3. The molecular formula is C26H26ClN3O4. The van der Waals surface area contributed by atoms with E-state index in [0.717, 1.165) is 11.8 Å². The van der Waals surface area contributed by atoms with Crippen LogP contribution < -0.4 is 5.73 Å². The molecule has 7 nitrogen and oxygen atoms in total. The molecule has 0 fully saturated rings. The van der Waals surface area contributed by atoms with Crippen molar-refractivity contribution < 1.29 is 21.8 Å². The minimum atomic E-state index is -1.83. The molecule has 2 N–H and O–H groups in total. The molecule has 0 aromatic heterocycles. The molecule has 0 atom stereocenters. The summed E-state index contributed by atoms with van der Waals surface area (Å²) < 4.78 is 24.4. The van der Waals surface area contributed by atoms with E-state index in [1.165, 1.54) is 24.3 Å². The first kappa shape index (κ1) is 26.4. The summed E-state index contributed by atoms with van der Waals surface area (Å²) >= 11 is 0. The third-order valence-electron chi connectivity index (χ3n) is 4.09. The number of hydrogen-bond donors (Lipinski definition) is 1. The molecule has 0 radical (unpaired) electrons. The zero-order valence-electron chi connectivity index (χ0n) is 20.7. The third-order valence-corrected chi connectivity index (χ3v) is 4.09. The van der Waals surface area contributed by atoms with Crippen molar-refractivity contribution in [2.24, 2.45) is 5.73 Å². The van der Waals surface area contributed by atoms with Gasteiger partial charge in [-0.3, -0.25) is 9.59 Å². The van der Waals surface area contributed by atoms with Gasteiger partial charge >= 0.3 is 0 Å². The topological polar surface area (TPSA) is 87.3 Å². The van der Waals surface area contributed by atoms with Crippen LogP contribution in [0.15, 0.2) is 72.8 Å². The van der Waals surface area contributed by atoms with Gasteiger partial charge in [0.25, 0.3) is 0 Å². The second kappa shape index (κ2) is 17.7. The highest BCUT2D eigenvalue weighted by molar-refractivity contribution is 5.85. The van der Waals surface area contributed by atoms with Crippen molar-refractivity contribution in [2.45, 2.75) is 12.8 Å². The highest BCUT2D eigenvalue weighted by atomic mass is 35.5. The predicted octanol–water partition coefficient (Wildman–Crippen LogP) is 5.96. The van der Waals surface area contributed by atoms with Gasteiger partial charge in [-0.25, -0.2) is 9.69 Å². The van der Waals surface area contributed by atoms with Crippen LogP contribution in [-0.4, -0.2) is 26.8 Å². The van der Waals surface area contributed by atoms with Crippen molar-refractivity contribution in [3.05, 3.63) is 118 Å². The largest absolute Gasteiger partial charge is 0.352 e. The summed E-state index contributed by atoms with van der Waals surface area (Å²) in [6, 6.07) is 19.7. The van der Waals surface area contributed by atoms with E-state index in [1.807, 2.05) is 12.1 Å². The van der Waals surface area contributed by atoms with Gasteiger partial charge in [-0.15, -0.1) is 12.4 Å².